The molecule has 2 aliphatic heterocycles. The molecule has 2 fully saturated rings. The summed E-state index contributed by atoms with van der Waals surface area (Å²) in [5.41, 5.74) is 1.60. The molecule has 1 atom stereocenters. The van der Waals surface area contributed by atoms with Gasteiger partial charge in [0.1, 0.15) is 11.4 Å². The quantitative estimate of drug-likeness (QED) is 0.648. The van der Waals surface area contributed by atoms with Crippen LogP contribution >= 0.6 is 0 Å². The number of amides is 1. The lowest BCUT2D eigenvalue weighted by atomic mass is 9.79. The number of rotatable bonds is 3. The molecule has 1 spiro atoms. The lowest BCUT2D eigenvalue weighted by Gasteiger charge is -2.40. The lowest BCUT2D eigenvalue weighted by molar-refractivity contribution is 0.0651. The molecule has 29 heavy (non-hydrogen) atoms. The Morgan fingerprint density at radius 3 is 2.72 bits per heavy atom. The highest BCUT2D eigenvalue weighted by Gasteiger charge is 2.43. The Morgan fingerprint density at radius 1 is 1.03 bits per heavy atom. The van der Waals surface area contributed by atoms with E-state index in [-0.39, 0.29) is 17.1 Å². The van der Waals surface area contributed by atoms with Crippen molar-refractivity contribution in [3.8, 4) is 0 Å². The van der Waals surface area contributed by atoms with Crippen LogP contribution in [0.3, 0.4) is 0 Å². The maximum absolute atomic E-state index is 14.1. The van der Waals surface area contributed by atoms with Crippen molar-refractivity contribution in [2.24, 2.45) is 5.41 Å². The zero-order valence-electron chi connectivity index (χ0n) is 16.4. The predicted octanol–water partition coefficient (Wildman–Crippen LogP) is 4.70. The first kappa shape index (κ1) is 18.4. The molecular weight excluding hydrogens is 367 g/mol. The second-order valence-corrected chi connectivity index (χ2v) is 8.53. The van der Waals surface area contributed by atoms with Crippen molar-refractivity contribution in [1.29, 1.82) is 0 Å². The monoisotopic (exact) mass is 392 g/mol. The fourth-order valence-corrected chi connectivity index (χ4v) is 5.00. The number of nitrogens with zero attached hydrogens (tertiary/aromatic N) is 2. The number of carbonyl (C=O) groups is 1. The topological polar surface area (TPSA) is 36.7 Å². The average Bonchev–Trinajstić information content (AvgIpc) is 3.34. The number of hydrogen-bond donors (Lipinski definition) is 0. The molecule has 0 saturated carbocycles. The summed E-state index contributed by atoms with van der Waals surface area (Å²) in [6.07, 6.45) is 3.19. The maximum Gasteiger partial charge on any atom is 0.289 e. The Bertz CT molecular complexity index is 1010. The Balaban J connectivity index is 1.28. The Labute approximate surface area is 169 Å². The Kier molecular flexibility index (Phi) is 4.63. The van der Waals surface area contributed by atoms with E-state index in [0.717, 1.165) is 62.0 Å². The van der Waals surface area contributed by atoms with Gasteiger partial charge in [0, 0.05) is 42.5 Å². The molecule has 3 aromatic rings. The molecule has 0 unspecified atom stereocenters. The number of benzene rings is 2. The summed E-state index contributed by atoms with van der Waals surface area (Å²) in [4.78, 5) is 17.3. The van der Waals surface area contributed by atoms with Gasteiger partial charge in [-0.2, -0.15) is 0 Å². The number of fused-ring (bicyclic) bond motifs is 1. The third-order valence-electron chi connectivity index (χ3n) is 6.45. The fourth-order valence-electron chi connectivity index (χ4n) is 5.00. The molecule has 5 heteroatoms. The van der Waals surface area contributed by atoms with Gasteiger partial charge in [-0.1, -0.05) is 36.4 Å². The molecular formula is C24H25FN2O2. The molecule has 4 nitrogen and oxygen atoms in total. The highest BCUT2D eigenvalue weighted by molar-refractivity contribution is 5.96. The van der Waals surface area contributed by atoms with Gasteiger partial charge in [-0.3, -0.25) is 9.69 Å². The van der Waals surface area contributed by atoms with Crippen molar-refractivity contribution in [3.05, 3.63) is 71.7 Å². The third kappa shape index (κ3) is 3.55. The second kappa shape index (κ2) is 7.30. The van der Waals surface area contributed by atoms with Crippen LogP contribution in [-0.2, 0) is 6.54 Å². The zero-order chi connectivity index (χ0) is 19.8. The van der Waals surface area contributed by atoms with Crippen molar-refractivity contribution in [2.45, 2.75) is 25.8 Å². The molecule has 0 radical (unpaired) electrons. The van der Waals surface area contributed by atoms with Gasteiger partial charge >= 0.3 is 0 Å². The maximum atomic E-state index is 14.1. The molecule has 0 aliphatic carbocycles. The van der Waals surface area contributed by atoms with E-state index in [1.54, 1.807) is 6.07 Å². The molecule has 1 amide bonds. The lowest BCUT2D eigenvalue weighted by Crippen LogP contribution is -2.45. The summed E-state index contributed by atoms with van der Waals surface area (Å²) in [6.45, 7) is 4.02. The number of halogens is 1. The van der Waals surface area contributed by atoms with Gasteiger partial charge < -0.3 is 9.32 Å². The summed E-state index contributed by atoms with van der Waals surface area (Å²) in [6, 6.07) is 16.6. The van der Waals surface area contributed by atoms with Crippen LogP contribution in [0, 0.1) is 11.2 Å². The van der Waals surface area contributed by atoms with Crippen LogP contribution in [0.25, 0.3) is 11.0 Å². The molecule has 2 saturated heterocycles. The highest BCUT2D eigenvalue weighted by Crippen LogP contribution is 2.40. The summed E-state index contributed by atoms with van der Waals surface area (Å²) in [5, 5.41) is 0.957. The first-order chi connectivity index (χ1) is 14.1. The molecule has 0 N–H and O–H groups in total. The zero-order valence-corrected chi connectivity index (χ0v) is 16.4. The molecule has 3 heterocycles. The Morgan fingerprint density at radius 2 is 1.86 bits per heavy atom. The number of likely N-dealkylation sites (tertiary alicyclic amines) is 2. The minimum absolute atomic E-state index is 0.0238. The van der Waals surface area contributed by atoms with Crippen LogP contribution in [0.5, 0.6) is 0 Å². The summed E-state index contributed by atoms with van der Waals surface area (Å²) < 4.78 is 19.9. The average molecular weight is 392 g/mol. The van der Waals surface area contributed by atoms with Gasteiger partial charge in [0.15, 0.2) is 5.76 Å². The van der Waals surface area contributed by atoms with Gasteiger partial charge in [0.05, 0.1) is 0 Å². The van der Waals surface area contributed by atoms with Crippen LogP contribution in [0.1, 0.15) is 35.4 Å². The SMILES string of the molecule is O=C(c1cc2ccccc2o1)N1CC[C@]2(CCCN(Cc3ccccc3F)C2)C1. The smallest absolute Gasteiger partial charge is 0.289 e. The van der Waals surface area contributed by atoms with Gasteiger partial charge in [0.25, 0.3) is 5.91 Å². The summed E-state index contributed by atoms with van der Waals surface area (Å²) >= 11 is 0. The van der Waals surface area contributed by atoms with E-state index >= 15 is 0 Å². The third-order valence-corrected chi connectivity index (χ3v) is 6.45. The van der Waals surface area contributed by atoms with E-state index in [1.165, 1.54) is 6.07 Å². The van der Waals surface area contributed by atoms with E-state index in [2.05, 4.69) is 4.90 Å². The van der Waals surface area contributed by atoms with E-state index in [4.69, 9.17) is 4.42 Å². The summed E-state index contributed by atoms with van der Waals surface area (Å²) in [5.74, 6) is 0.256. The first-order valence-electron chi connectivity index (χ1n) is 10.4. The number of piperidine rings is 1. The van der Waals surface area contributed by atoms with E-state index in [1.807, 2.05) is 47.4 Å². The van der Waals surface area contributed by atoms with E-state index in [0.29, 0.717) is 12.3 Å². The van der Waals surface area contributed by atoms with Gasteiger partial charge in [-0.15, -0.1) is 0 Å². The van der Waals surface area contributed by atoms with Gasteiger partial charge in [-0.05, 0) is 44.0 Å². The van der Waals surface area contributed by atoms with Crippen LogP contribution in [0.2, 0.25) is 0 Å². The van der Waals surface area contributed by atoms with Crippen LogP contribution < -0.4 is 0 Å². The summed E-state index contributed by atoms with van der Waals surface area (Å²) in [7, 11) is 0. The molecule has 1 aromatic heterocycles. The molecule has 5 rings (SSSR count). The number of carbonyl (C=O) groups excluding carboxylic acids is 1. The number of furan rings is 1. The minimum atomic E-state index is -0.139. The van der Waals surface area contributed by atoms with Crippen molar-refractivity contribution in [3.63, 3.8) is 0 Å². The van der Waals surface area contributed by atoms with E-state index < -0.39 is 0 Å². The molecule has 2 aliphatic rings. The largest absolute Gasteiger partial charge is 0.451 e. The van der Waals surface area contributed by atoms with Crippen molar-refractivity contribution >= 4 is 16.9 Å². The standard InChI is InChI=1S/C24H25FN2O2/c25-20-8-3-1-7-19(20)15-26-12-5-10-24(16-26)11-13-27(17-24)23(28)22-14-18-6-2-4-9-21(18)29-22/h1-4,6-9,14H,5,10-13,15-17H2/t24-/m0/s1. The van der Waals surface area contributed by atoms with Crippen molar-refractivity contribution in [2.75, 3.05) is 26.2 Å². The van der Waals surface area contributed by atoms with E-state index in [9.17, 15) is 9.18 Å². The second-order valence-electron chi connectivity index (χ2n) is 8.53. The van der Waals surface area contributed by atoms with Crippen molar-refractivity contribution < 1.29 is 13.6 Å². The predicted molar refractivity (Wildman–Crippen MR) is 110 cm³/mol. The number of hydrogen-bond acceptors (Lipinski definition) is 3. The minimum Gasteiger partial charge on any atom is -0.451 e. The highest BCUT2D eigenvalue weighted by atomic mass is 19.1. The molecule has 0 bridgehead atoms. The molecule has 150 valence electrons. The van der Waals surface area contributed by atoms with Crippen LogP contribution in [-0.4, -0.2) is 41.9 Å². The van der Waals surface area contributed by atoms with Crippen LogP contribution in [0.15, 0.2) is 59.0 Å². The van der Waals surface area contributed by atoms with Gasteiger partial charge in [-0.25, -0.2) is 4.39 Å². The normalized spacial score (nSPS) is 22.6. The Hall–Kier alpha value is -2.66. The van der Waals surface area contributed by atoms with Crippen molar-refractivity contribution in [1.82, 2.24) is 9.80 Å². The number of para-hydroxylation sites is 1. The van der Waals surface area contributed by atoms with Crippen LogP contribution in [0.4, 0.5) is 4.39 Å². The first-order valence-corrected chi connectivity index (χ1v) is 10.4. The fraction of sp³-hybridized carbons (Fsp3) is 0.375. The molecule has 2 aromatic carbocycles. The van der Waals surface area contributed by atoms with Gasteiger partial charge in [0.2, 0.25) is 0 Å².